The van der Waals surface area contributed by atoms with Gasteiger partial charge in [0, 0.05) is 17.1 Å². The van der Waals surface area contributed by atoms with Crippen LogP contribution in [0.5, 0.6) is 0 Å². The zero-order valence-electron chi connectivity index (χ0n) is 15.6. The molecule has 0 atom stereocenters. The van der Waals surface area contributed by atoms with Gasteiger partial charge in [-0.05, 0) is 60.8 Å². The second-order valence-corrected chi connectivity index (χ2v) is 7.33. The van der Waals surface area contributed by atoms with E-state index in [-0.39, 0.29) is 11.8 Å². The first-order valence-corrected chi connectivity index (χ1v) is 9.86. The molecule has 4 rings (SSSR count). The van der Waals surface area contributed by atoms with Crippen molar-refractivity contribution >= 4 is 34.5 Å². The molecule has 0 unspecified atom stereocenters. The summed E-state index contributed by atoms with van der Waals surface area (Å²) in [6.07, 6.45) is 0. The molecule has 0 fully saturated rings. The Morgan fingerprint density at radius 3 is 2.14 bits per heavy atom. The van der Waals surface area contributed by atoms with Crippen LogP contribution in [0.3, 0.4) is 0 Å². The second-order valence-electron chi connectivity index (χ2n) is 6.38. The number of hydrogen-bond donors (Lipinski definition) is 2. The van der Waals surface area contributed by atoms with Crippen molar-refractivity contribution in [1.29, 1.82) is 0 Å². The number of anilines is 2. The molecule has 0 saturated carbocycles. The van der Waals surface area contributed by atoms with Crippen LogP contribution in [0, 0.1) is 6.92 Å². The lowest BCUT2D eigenvalue weighted by molar-refractivity contribution is 0.101. The highest BCUT2D eigenvalue weighted by atomic mass is 32.1. The number of thiophene rings is 1. The molecule has 144 valence electrons. The Balaban J connectivity index is 1.43. The number of nitrogens with one attached hydrogen (secondary N) is 2. The lowest BCUT2D eigenvalue weighted by atomic mass is 10.2. The highest BCUT2D eigenvalue weighted by molar-refractivity contribution is 7.12. The summed E-state index contributed by atoms with van der Waals surface area (Å²) in [5, 5.41) is 11.9. The Kier molecular flexibility index (Phi) is 5.22. The van der Waals surface area contributed by atoms with E-state index in [4.69, 9.17) is 0 Å². The molecule has 6 nitrogen and oxygen atoms in total. The lowest BCUT2D eigenvalue weighted by Crippen LogP contribution is -2.13. The number of para-hydroxylation sites is 1. The van der Waals surface area contributed by atoms with Crippen LogP contribution >= 0.6 is 11.3 Å². The predicted molar refractivity (Wildman–Crippen MR) is 115 cm³/mol. The van der Waals surface area contributed by atoms with E-state index in [9.17, 15) is 9.59 Å². The van der Waals surface area contributed by atoms with E-state index in [1.54, 1.807) is 41.1 Å². The summed E-state index contributed by atoms with van der Waals surface area (Å²) < 4.78 is 1.73. The maximum atomic E-state index is 12.6. The minimum Gasteiger partial charge on any atom is -0.321 e. The zero-order chi connectivity index (χ0) is 20.2. The van der Waals surface area contributed by atoms with E-state index in [0.717, 1.165) is 11.4 Å². The van der Waals surface area contributed by atoms with Crippen LogP contribution in [0.15, 0.2) is 78.2 Å². The quantitative estimate of drug-likeness (QED) is 0.506. The maximum absolute atomic E-state index is 12.6. The monoisotopic (exact) mass is 402 g/mol. The van der Waals surface area contributed by atoms with Gasteiger partial charge in [0.25, 0.3) is 11.8 Å². The van der Waals surface area contributed by atoms with Crippen molar-refractivity contribution in [2.45, 2.75) is 6.92 Å². The number of carbonyl (C=O) groups excluding carboxylic acids is 2. The molecule has 7 heteroatoms. The number of aryl methyl sites for hydroxylation is 1. The summed E-state index contributed by atoms with van der Waals surface area (Å²) in [5.74, 6) is -0.447. The van der Waals surface area contributed by atoms with Crippen molar-refractivity contribution in [3.05, 3.63) is 94.4 Å². The predicted octanol–water partition coefficient (Wildman–Crippen LogP) is 4.75. The molecule has 2 aromatic carbocycles. The smallest absolute Gasteiger partial charge is 0.276 e. The van der Waals surface area contributed by atoms with Gasteiger partial charge in [-0.3, -0.25) is 9.59 Å². The van der Waals surface area contributed by atoms with Crippen molar-refractivity contribution in [2.24, 2.45) is 0 Å². The van der Waals surface area contributed by atoms with Gasteiger partial charge >= 0.3 is 0 Å². The standard InChI is InChI=1S/C22H18N4O2S/c1-15-14-19(25-26(15)18-6-3-2-4-7-18)21(27)23-16-9-11-17(12-10-16)24-22(28)20-8-5-13-29-20/h2-14H,1H3,(H,23,27)(H,24,28). The fourth-order valence-corrected chi connectivity index (χ4v) is 3.47. The molecule has 2 heterocycles. The molecule has 2 N–H and O–H groups in total. The van der Waals surface area contributed by atoms with Gasteiger partial charge in [0.1, 0.15) is 0 Å². The van der Waals surface area contributed by atoms with Crippen LogP contribution in [0.2, 0.25) is 0 Å². The molecule has 4 aromatic rings. The first-order chi connectivity index (χ1) is 14.1. The average molecular weight is 402 g/mol. The van der Waals surface area contributed by atoms with Gasteiger partial charge in [0.05, 0.1) is 10.6 Å². The Morgan fingerprint density at radius 1 is 0.862 bits per heavy atom. The molecule has 0 aliphatic rings. The summed E-state index contributed by atoms with van der Waals surface area (Å²) in [7, 11) is 0. The van der Waals surface area contributed by atoms with Gasteiger partial charge in [0.2, 0.25) is 0 Å². The normalized spacial score (nSPS) is 10.5. The molecule has 0 aliphatic carbocycles. The van der Waals surface area contributed by atoms with Crippen LogP contribution in [0.25, 0.3) is 5.69 Å². The second kappa shape index (κ2) is 8.12. The number of benzene rings is 2. The Hall–Kier alpha value is -3.71. The number of hydrogen-bond acceptors (Lipinski definition) is 4. The summed E-state index contributed by atoms with van der Waals surface area (Å²) in [6.45, 7) is 1.90. The van der Waals surface area contributed by atoms with E-state index in [1.165, 1.54) is 11.3 Å². The molecule has 0 spiro atoms. The van der Waals surface area contributed by atoms with E-state index in [2.05, 4.69) is 15.7 Å². The van der Waals surface area contributed by atoms with E-state index in [0.29, 0.717) is 21.9 Å². The number of amides is 2. The van der Waals surface area contributed by atoms with E-state index < -0.39 is 0 Å². The van der Waals surface area contributed by atoms with Gasteiger partial charge in [-0.2, -0.15) is 5.10 Å². The highest BCUT2D eigenvalue weighted by Crippen LogP contribution is 2.18. The SMILES string of the molecule is Cc1cc(C(=O)Nc2ccc(NC(=O)c3cccs3)cc2)nn1-c1ccccc1. The summed E-state index contributed by atoms with van der Waals surface area (Å²) >= 11 is 1.38. The summed E-state index contributed by atoms with van der Waals surface area (Å²) in [5.41, 5.74) is 3.38. The number of nitrogens with zero attached hydrogens (tertiary/aromatic N) is 2. The molecule has 0 bridgehead atoms. The molecule has 2 amide bonds. The molecule has 2 aromatic heterocycles. The Labute approximate surface area is 171 Å². The lowest BCUT2D eigenvalue weighted by Gasteiger charge is -2.07. The largest absolute Gasteiger partial charge is 0.321 e. The molecular formula is C22H18N4O2S. The molecule has 0 aliphatic heterocycles. The first kappa shape index (κ1) is 18.6. The van der Waals surface area contributed by atoms with Gasteiger partial charge in [-0.25, -0.2) is 4.68 Å². The third-order valence-electron chi connectivity index (χ3n) is 4.27. The van der Waals surface area contributed by atoms with Crippen molar-refractivity contribution < 1.29 is 9.59 Å². The summed E-state index contributed by atoms with van der Waals surface area (Å²) in [6, 6.07) is 22.0. The van der Waals surface area contributed by atoms with Gasteiger partial charge < -0.3 is 10.6 Å². The number of aromatic nitrogens is 2. The van der Waals surface area contributed by atoms with Crippen molar-refractivity contribution in [2.75, 3.05) is 10.6 Å². The van der Waals surface area contributed by atoms with E-state index >= 15 is 0 Å². The zero-order valence-corrected chi connectivity index (χ0v) is 16.4. The highest BCUT2D eigenvalue weighted by Gasteiger charge is 2.14. The number of carbonyl (C=O) groups is 2. The third kappa shape index (κ3) is 4.25. The molecule has 0 saturated heterocycles. The summed E-state index contributed by atoms with van der Waals surface area (Å²) in [4.78, 5) is 25.3. The van der Waals surface area contributed by atoms with Gasteiger partial charge in [0.15, 0.2) is 5.69 Å². The van der Waals surface area contributed by atoms with Crippen LogP contribution in [0.4, 0.5) is 11.4 Å². The molecule has 0 radical (unpaired) electrons. The minimum atomic E-state index is -0.293. The van der Waals surface area contributed by atoms with Crippen molar-refractivity contribution in [3.63, 3.8) is 0 Å². The van der Waals surface area contributed by atoms with Gasteiger partial charge in [-0.1, -0.05) is 24.3 Å². The van der Waals surface area contributed by atoms with Gasteiger partial charge in [-0.15, -0.1) is 11.3 Å². The van der Waals surface area contributed by atoms with Crippen molar-refractivity contribution in [1.82, 2.24) is 9.78 Å². The maximum Gasteiger partial charge on any atom is 0.276 e. The first-order valence-electron chi connectivity index (χ1n) is 8.98. The Morgan fingerprint density at radius 2 is 1.52 bits per heavy atom. The van der Waals surface area contributed by atoms with Crippen molar-refractivity contribution in [3.8, 4) is 5.69 Å². The molecular weight excluding hydrogens is 384 g/mol. The fourth-order valence-electron chi connectivity index (χ4n) is 2.85. The van der Waals surface area contributed by atoms with Crippen LogP contribution < -0.4 is 10.6 Å². The molecule has 29 heavy (non-hydrogen) atoms. The minimum absolute atomic E-state index is 0.154. The Bertz CT molecular complexity index is 1130. The van der Waals surface area contributed by atoms with E-state index in [1.807, 2.05) is 48.7 Å². The van der Waals surface area contributed by atoms with Crippen LogP contribution in [0.1, 0.15) is 25.9 Å². The third-order valence-corrected chi connectivity index (χ3v) is 5.14. The topological polar surface area (TPSA) is 76.0 Å². The van der Waals surface area contributed by atoms with Crippen LogP contribution in [-0.4, -0.2) is 21.6 Å². The van der Waals surface area contributed by atoms with Crippen LogP contribution in [-0.2, 0) is 0 Å². The average Bonchev–Trinajstić information content (AvgIpc) is 3.40. The number of rotatable bonds is 5. The fraction of sp³-hybridized carbons (Fsp3) is 0.0455.